The number of carbonyl (C=O) groups excluding carboxylic acids is 1. The number of hydrogen-bond donors (Lipinski definition) is 1. The van der Waals surface area contributed by atoms with Crippen molar-refractivity contribution < 1.29 is 9.90 Å². The van der Waals surface area contributed by atoms with Crippen LogP contribution in [0.15, 0.2) is 6.20 Å². The second-order valence-corrected chi connectivity index (χ2v) is 9.34. The minimum Gasteiger partial charge on any atom is -0.391 e. The second kappa shape index (κ2) is 7.89. The minimum absolute atomic E-state index is 0.0957. The molecule has 1 N–H and O–H groups in total. The third kappa shape index (κ3) is 3.60. The van der Waals surface area contributed by atoms with Gasteiger partial charge in [-0.1, -0.05) is 0 Å². The topological polar surface area (TPSA) is 87.4 Å². The van der Waals surface area contributed by atoms with E-state index in [-0.39, 0.29) is 24.1 Å². The number of rotatable bonds is 4. The molecule has 0 spiro atoms. The molecule has 31 heavy (non-hydrogen) atoms. The molecule has 0 aromatic carbocycles. The van der Waals surface area contributed by atoms with Gasteiger partial charge in [0.2, 0.25) is 11.9 Å². The van der Waals surface area contributed by atoms with E-state index in [0.717, 1.165) is 73.7 Å². The molecule has 8 heteroatoms. The maximum absolute atomic E-state index is 13.2. The number of piperidine rings is 1. The Morgan fingerprint density at radius 1 is 1.26 bits per heavy atom. The summed E-state index contributed by atoms with van der Waals surface area (Å²) >= 11 is 0. The van der Waals surface area contributed by atoms with Crippen molar-refractivity contribution >= 4 is 11.9 Å². The van der Waals surface area contributed by atoms with Gasteiger partial charge in [0, 0.05) is 56.5 Å². The summed E-state index contributed by atoms with van der Waals surface area (Å²) in [5.74, 6) is 0.947. The summed E-state index contributed by atoms with van der Waals surface area (Å²) in [5.41, 5.74) is 5.54. The average Bonchev–Trinajstić information content (AvgIpc) is 3.20. The lowest BCUT2D eigenvalue weighted by Gasteiger charge is -2.37. The van der Waals surface area contributed by atoms with E-state index in [4.69, 9.17) is 4.98 Å². The fourth-order valence-electron chi connectivity index (χ4n) is 5.68. The number of fused-ring (bicyclic) bond motifs is 4. The third-order valence-electron chi connectivity index (χ3n) is 7.39. The van der Waals surface area contributed by atoms with Crippen LogP contribution in [0.2, 0.25) is 0 Å². The van der Waals surface area contributed by atoms with Crippen molar-refractivity contribution in [3.05, 3.63) is 34.4 Å². The predicted octanol–water partition coefficient (Wildman–Crippen LogP) is 2.01. The number of hydrogen-bond acceptors (Lipinski definition) is 6. The van der Waals surface area contributed by atoms with E-state index >= 15 is 0 Å². The molecule has 0 aliphatic carbocycles. The van der Waals surface area contributed by atoms with Crippen LogP contribution in [0.4, 0.5) is 5.95 Å². The van der Waals surface area contributed by atoms with Crippen molar-refractivity contribution in [1.29, 1.82) is 0 Å². The van der Waals surface area contributed by atoms with E-state index in [0.29, 0.717) is 13.0 Å². The number of aliphatic hydroxyl groups excluding tert-OH is 1. The number of aromatic nitrogens is 4. The zero-order valence-electron chi connectivity index (χ0n) is 18.7. The molecule has 3 atom stereocenters. The van der Waals surface area contributed by atoms with Crippen LogP contribution in [-0.2, 0) is 24.7 Å². The number of nitrogens with zero attached hydrogens (tertiary/aromatic N) is 6. The second-order valence-electron chi connectivity index (χ2n) is 9.34. The number of aliphatic hydroxyl groups is 1. The van der Waals surface area contributed by atoms with E-state index in [1.165, 1.54) is 5.56 Å². The summed E-state index contributed by atoms with van der Waals surface area (Å²) in [5, 5.41) is 14.5. The van der Waals surface area contributed by atoms with E-state index in [1.54, 1.807) is 0 Å². The fourth-order valence-corrected chi connectivity index (χ4v) is 5.68. The Labute approximate surface area is 183 Å². The molecule has 3 aliphatic heterocycles. The summed E-state index contributed by atoms with van der Waals surface area (Å²) < 4.78 is 1.90. The molecular formula is C23H32N6O2. The quantitative estimate of drug-likeness (QED) is 0.808. The smallest absolute Gasteiger partial charge is 0.225 e. The van der Waals surface area contributed by atoms with Gasteiger partial charge in [-0.3, -0.25) is 9.48 Å². The third-order valence-corrected chi connectivity index (χ3v) is 7.39. The molecule has 166 valence electrons. The molecule has 2 bridgehead atoms. The Balaban J connectivity index is 1.32. The van der Waals surface area contributed by atoms with Gasteiger partial charge in [-0.15, -0.1) is 0 Å². The first-order valence-corrected chi connectivity index (χ1v) is 11.5. The van der Waals surface area contributed by atoms with E-state index < -0.39 is 0 Å². The van der Waals surface area contributed by atoms with Crippen molar-refractivity contribution in [1.82, 2.24) is 24.6 Å². The van der Waals surface area contributed by atoms with Gasteiger partial charge >= 0.3 is 0 Å². The largest absolute Gasteiger partial charge is 0.391 e. The highest BCUT2D eigenvalue weighted by Crippen LogP contribution is 2.43. The molecule has 5 heterocycles. The first kappa shape index (κ1) is 20.4. The summed E-state index contributed by atoms with van der Waals surface area (Å²) in [4.78, 5) is 27.0. The number of aryl methyl sites for hydroxylation is 2. The molecule has 3 aliphatic rings. The van der Waals surface area contributed by atoms with Crippen LogP contribution < -0.4 is 4.90 Å². The Kier molecular flexibility index (Phi) is 5.20. The standard InChI is InChI=1S/C23H32N6O2/c1-14-18(15(2)27(3)26-14)7-9-22(31)29-16-6-8-21(29)19-12-24-23(25-20(19)11-16)28-10-4-5-17(30)13-28/h12,16-17,21,30H,4-11,13H2,1-3H3/t16-,17+,21-/m1/s1. The van der Waals surface area contributed by atoms with Crippen LogP contribution in [-0.4, -0.2) is 60.9 Å². The zero-order valence-corrected chi connectivity index (χ0v) is 18.7. The minimum atomic E-state index is -0.301. The number of β-amino-alcohol motifs (C(OH)–C–C–N with tert-alkyl or cyclic N) is 1. The van der Waals surface area contributed by atoms with Crippen molar-refractivity contribution in [2.75, 3.05) is 18.0 Å². The molecule has 0 radical (unpaired) electrons. The van der Waals surface area contributed by atoms with Crippen LogP contribution in [0.3, 0.4) is 0 Å². The Morgan fingerprint density at radius 2 is 2.10 bits per heavy atom. The van der Waals surface area contributed by atoms with Gasteiger partial charge in [0.1, 0.15) is 0 Å². The van der Waals surface area contributed by atoms with Gasteiger partial charge in [0.15, 0.2) is 0 Å². The van der Waals surface area contributed by atoms with Gasteiger partial charge in [0.25, 0.3) is 0 Å². The molecule has 0 saturated carbocycles. The first-order chi connectivity index (χ1) is 14.9. The highest BCUT2D eigenvalue weighted by atomic mass is 16.3. The van der Waals surface area contributed by atoms with Crippen LogP contribution in [0.5, 0.6) is 0 Å². The van der Waals surface area contributed by atoms with Crippen LogP contribution in [0.1, 0.15) is 66.4 Å². The molecule has 5 rings (SSSR count). The van der Waals surface area contributed by atoms with Gasteiger partial charge in [-0.05, 0) is 51.5 Å². The lowest BCUT2D eigenvalue weighted by Crippen LogP contribution is -2.43. The highest BCUT2D eigenvalue weighted by molar-refractivity contribution is 5.78. The number of anilines is 1. The highest BCUT2D eigenvalue weighted by Gasteiger charge is 2.43. The molecular weight excluding hydrogens is 392 g/mol. The van der Waals surface area contributed by atoms with E-state index in [2.05, 4.69) is 26.8 Å². The van der Waals surface area contributed by atoms with Crippen LogP contribution in [0, 0.1) is 13.8 Å². The first-order valence-electron chi connectivity index (χ1n) is 11.5. The Bertz CT molecular complexity index is 1000. The Hall–Kier alpha value is -2.48. The van der Waals surface area contributed by atoms with Gasteiger partial charge in [-0.25, -0.2) is 9.97 Å². The molecule has 2 aromatic heterocycles. The van der Waals surface area contributed by atoms with E-state index in [1.807, 2.05) is 24.9 Å². The Morgan fingerprint density at radius 3 is 2.84 bits per heavy atom. The molecule has 0 unspecified atom stereocenters. The lowest BCUT2D eigenvalue weighted by molar-refractivity contribution is -0.134. The van der Waals surface area contributed by atoms with Crippen molar-refractivity contribution in [2.24, 2.45) is 7.05 Å². The molecule has 2 saturated heterocycles. The van der Waals surface area contributed by atoms with E-state index in [9.17, 15) is 9.90 Å². The summed E-state index contributed by atoms with van der Waals surface area (Å²) in [6, 6.07) is 0.328. The van der Waals surface area contributed by atoms with Gasteiger partial charge < -0.3 is 14.9 Å². The normalized spacial score (nSPS) is 25.1. The van der Waals surface area contributed by atoms with Crippen LogP contribution >= 0.6 is 0 Å². The summed E-state index contributed by atoms with van der Waals surface area (Å²) in [6.07, 6.45) is 7.50. The summed E-state index contributed by atoms with van der Waals surface area (Å²) in [6.45, 7) is 5.57. The van der Waals surface area contributed by atoms with Gasteiger partial charge in [-0.2, -0.15) is 5.10 Å². The fraction of sp³-hybridized carbons (Fsp3) is 0.652. The molecule has 8 nitrogen and oxygen atoms in total. The number of amides is 1. The predicted molar refractivity (Wildman–Crippen MR) is 117 cm³/mol. The SMILES string of the molecule is Cc1nn(C)c(C)c1CCC(=O)N1[C@@H]2CC[C@@H]1c1cnc(N3CCC[C@H](O)C3)nc1C2. The van der Waals surface area contributed by atoms with Crippen molar-refractivity contribution in [3.63, 3.8) is 0 Å². The van der Waals surface area contributed by atoms with Crippen molar-refractivity contribution in [2.45, 2.75) is 77.0 Å². The molecule has 2 fully saturated rings. The maximum atomic E-state index is 13.2. The van der Waals surface area contributed by atoms with Crippen molar-refractivity contribution in [3.8, 4) is 0 Å². The maximum Gasteiger partial charge on any atom is 0.225 e. The average molecular weight is 425 g/mol. The molecule has 2 aromatic rings. The van der Waals surface area contributed by atoms with Crippen LogP contribution in [0.25, 0.3) is 0 Å². The monoisotopic (exact) mass is 424 g/mol. The zero-order chi connectivity index (χ0) is 21.7. The number of carbonyl (C=O) groups is 1. The van der Waals surface area contributed by atoms with Gasteiger partial charge in [0.05, 0.1) is 23.5 Å². The molecule has 1 amide bonds. The lowest BCUT2D eigenvalue weighted by atomic mass is 9.98. The summed E-state index contributed by atoms with van der Waals surface area (Å²) in [7, 11) is 1.95.